The molecular formula is C13H18N2OS. The van der Waals surface area contributed by atoms with Crippen molar-refractivity contribution < 1.29 is 4.79 Å². The molecule has 1 fully saturated rings. The van der Waals surface area contributed by atoms with Crippen LogP contribution in [-0.2, 0) is 4.79 Å². The summed E-state index contributed by atoms with van der Waals surface area (Å²) in [5.74, 6) is -0.0313. The molecule has 1 unspecified atom stereocenters. The molecule has 1 amide bonds. The molecule has 1 aromatic rings. The largest absolute Gasteiger partial charge is 0.302 e. The lowest BCUT2D eigenvalue weighted by molar-refractivity contribution is -0.121. The molecule has 0 radical (unpaired) electrons. The fourth-order valence-electron chi connectivity index (χ4n) is 2.45. The fraction of sp³-hybridized carbons (Fsp3) is 0.462. The van der Waals surface area contributed by atoms with E-state index in [2.05, 4.69) is 46.7 Å². The number of carbonyl (C=O) groups excluding carboxylic acids is 1. The first-order valence-corrected chi connectivity index (χ1v) is 6.48. The smallest absolute Gasteiger partial charge is 0.243 e. The fourth-order valence-corrected chi connectivity index (χ4v) is 2.52. The molecule has 92 valence electrons. The number of rotatable bonds is 3. The highest BCUT2D eigenvalue weighted by Gasteiger charge is 2.24. The summed E-state index contributed by atoms with van der Waals surface area (Å²) in [7, 11) is 0. The lowest BCUT2D eigenvalue weighted by Gasteiger charge is -2.35. The number of nitrogens with one attached hydrogen (secondary N) is 1. The summed E-state index contributed by atoms with van der Waals surface area (Å²) in [6.45, 7) is 1.42. The molecule has 2 rings (SSSR count). The predicted molar refractivity (Wildman–Crippen MR) is 71.7 cm³/mol. The molecule has 0 aromatic heterocycles. The van der Waals surface area contributed by atoms with Gasteiger partial charge >= 0.3 is 0 Å². The first-order chi connectivity index (χ1) is 8.31. The van der Waals surface area contributed by atoms with Crippen LogP contribution in [0.5, 0.6) is 0 Å². The summed E-state index contributed by atoms with van der Waals surface area (Å²) in [6.07, 6.45) is 3.53. The highest BCUT2D eigenvalue weighted by Crippen LogP contribution is 2.30. The average Bonchev–Trinajstić information content (AvgIpc) is 2.40. The number of likely N-dealkylation sites (tertiary alicyclic amines) is 1. The lowest BCUT2D eigenvalue weighted by Crippen LogP contribution is -2.39. The van der Waals surface area contributed by atoms with E-state index in [4.69, 9.17) is 0 Å². The summed E-state index contributed by atoms with van der Waals surface area (Å²) >= 11 is 3.81. The second-order valence-electron chi connectivity index (χ2n) is 4.43. The minimum absolute atomic E-state index is 0.0313. The van der Waals surface area contributed by atoms with Gasteiger partial charge in [-0.3, -0.25) is 9.69 Å². The van der Waals surface area contributed by atoms with Crippen molar-refractivity contribution in [1.82, 2.24) is 9.62 Å². The molecule has 0 saturated carbocycles. The zero-order valence-corrected chi connectivity index (χ0v) is 10.7. The molecule has 0 aliphatic carbocycles. The van der Waals surface area contributed by atoms with Crippen molar-refractivity contribution in [3.8, 4) is 0 Å². The molecule has 1 atom stereocenters. The van der Waals surface area contributed by atoms with Gasteiger partial charge in [0.25, 0.3) is 0 Å². The third-order valence-electron chi connectivity index (χ3n) is 3.27. The van der Waals surface area contributed by atoms with Crippen LogP contribution in [0, 0.1) is 0 Å². The number of amides is 1. The third kappa shape index (κ3) is 3.23. The predicted octanol–water partition coefficient (Wildman–Crippen LogP) is 2.17. The topological polar surface area (TPSA) is 32.3 Å². The van der Waals surface area contributed by atoms with Crippen LogP contribution in [0.2, 0.25) is 0 Å². The van der Waals surface area contributed by atoms with Crippen LogP contribution < -0.4 is 4.72 Å². The number of hydrogen-bond acceptors (Lipinski definition) is 3. The van der Waals surface area contributed by atoms with E-state index in [0.29, 0.717) is 12.6 Å². The van der Waals surface area contributed by atoms with Crippen LogP contribution in [0.4, 0.5) is 0 Å². The Kier molecular flexibility index (Phi) is 4.45. The highest BCUT2D eigenvalue weighted by atomic mass is 32.1. The molecular weight excluding hydrogens is 232 g/mol. The molecule has 4 heteroatoms. The SMILES string of the molecule is O=C(CN1CCCCC1c1ccccc1)NS. The van der Waals surface area contributed by atoms with E-state index in [1.165, 1.54) is 18.4 Å². The van der Waals surface area contributed by atoms with E-state index in [1.807, 2.05) is 6.07 Å². The molecule has 17 heavy (non-hydrogen) atoms. The summed E-state index contributed by atoms with van der Waals surface area (Å²) in [5.41, 5.74) is 1.30. The van der Waals surface area contributed by atoms with Crippen LogP contribution in [0.1, 0.15) is 30.9 Å². The Labute approximate surface area is 108 Å². The molecule has 3 nitrogen and oxygen atoms in total. The Hall–Kier alpha value is -1.000. The van der Waals surface area contributed by atoms with Gasteiger partial charge in [-0.2, -0.15) is 0 Å². The van der Waals surface area contributed by atoms with Gasteiger partial charge in [-0.05, 0) is 24.9 Å². The van der Waals surface area contributed by atoms with Gasteiger partial charge in [-0.1, -0.05) is 49.6 Å². The number of nitrogens with zero attached hydrogens (tertiary/aromatic N) is 1. The van der Waals surface area contributed by atoms with E-state index in [0.717, 1.165) is 13.0 Å². The Morgan fingerprint density at radius 2 is 2.12 bits per heavy atom. The van der Waals surface area contributed by atoms with E-state index in [-0.39, 0.29) is 5.91 Å². The first-order valence-electron chi connectivity index (χ1n) is 6.03. The molecule has 1 heterocycles. The van der Waals surface area contributed by atoms with E-state index in [9.17, 15) is 4.79 Å². The maximum atomic E-state index is 11.4. The van der Waals surface area contributed by atoms with Crippen molar-refractivity contribution in [1.29, 1.82) is 0 Å². The number of benzene rings is 1. The van der Waals surface area contributed by atoms with Crippen molar-refractivity contribution in [2.24, 2.45) is 0 Å². The van der Waals surface area contributed by atoms with E-state index < -0.39 is 0 Å². The molecule has 0 spiro atoms. The second-order valence-corrected chi connectivity index (χ2v) is 4.65. The Morgan fingerprint density at radius 3 is 2.82 bits per heavy atom. The van der Waals surface area contributed by atoms with Gasteiger partial charge in [0, 0.05) is 6.04 Å². The van der Waals surface area contributed by atoms with Gasteiger partial charge in [0.1, 0.15) is 0 Å². The molecule has 0 bridgehead atoms. The van der Waals surface area contributed by atoms with Gasteiger partial charge in [-0.15, -0.1) is 0 Å². The average molecular weight is 250 g/mol. The van der Waals surface area contributed by atoms with Crippen molar-refractivity contribution in [2.75, 3.05) is 13.1 Å². The normalized spacial score (nSPS) is 21.1. The number of hydrogen-bond donors (Lipinski definition) is 2. The van der Waals surface area contributed by atoms with Gasteiger partial charge < -0.3 is 4.72 Å². The van der Waals surface area contributed by atoms with Crippen LogP contribution >= 0.6 is 12.8 Å². The summed E-state index contributed by atoms with van der Waals surface area (Å²) in [4.78, 5) is 13.7. The zero-order chi connectivity index (χ0) is 12.1. The minimum atomic E-state index is -0.0313. The summed E-state index contributed by atoms with van der Waals surface area (Å²) in [5, 5.41) is 0. The number of piperidine rings is 1. The molecule has 1 saturated heterocycles. The summed E-state index contributed by atoms with van der Waals surface area (Å²) in [6, 6.07) is 10.8. The monoisotopic (exact) mass is 250 g/mol. The number of carbonyl (C=O) groups is 1. The standard InChI is InChI=1S/C13H18N2OS/c16-13(14-17)10-15-9-5-4-8-12(15)11-6-2-1-3-7-11/h1-3,6-7,12,17H,4-5,8-10H2,(H,14,16). The molecule has 1 aliphatic heterocycles. The number of thiol groups is 1. The van der Waals surface area contributed by atoms with Gasteiger partial charge in [0.2, 0.25) is 5.91 Å². The molecule has 1 aromatic carbocycles. The van der Waals surface area contributed by atoms with Crippen LogP contribution in [0.3, 0.4) is 0 Å². The Morgan fingerprint density at radius 1 is 1.35 bits per heavy atom. The summed E-state index contributed by atoms with van der Waals surface area (Å²) < 4.78 is 2.40. The Balaban J connectivity index is 2.09. The van der Waals surface area contributed by atoms with E-state index >= 15 is 0 Å². The van der Waals surface area contributed by atoms with Crippen molar-refractivity contribution >= 4 is 18.7 Å². The third-order valence-corrected chi connectivity index (χ3v) is 3.52. The van der Waals surface area contributed by atoms with Gasteiger partial charge in [0.15, 0.2) is 0 Å². The minimum Gasteiger partial charge on any atom is -0.302 e. The second kappa shape index (κ2) is 6.07. The van der Waals surface area contributed by atoms with Crippen molar-refractivity contribution in [3.05, 3.63) is 35.9 Å². The lowest BCUT2D eigenvalue weighted by atomic mass is 9.95. The van der Waals surface area contributed by atoms with Crippen LogP contribution in [-0.4, -0.2) is 23.9 Å². The molecule has 1 aliphatic rings. The van der Waals surface area contributed by atoms with Crippen LogP contribution in [0.15, 0.2) is 30.3 Å². The van der Waals surface area contributed by atoms with Crippen molar-refractivity contribution in [2.45, 2.75) is 25.3 Å². The van der Waals surface area contributed by atoms with Gasteiger partial charge in [0.05, 0.1) is 6.54 Å². The quantitative estimate of drug-likeness (QED) is 0.806. The first kappa shape index (κ1) is 12.5. The van der Waals surface area contributed by atoms with Gasteiger partial charge in [-0.25, -0.2) is 0 Å². The Bertz CT molecular complexity index is 369. The van der Waals surface area contributed by atoms with Crippen molar-refractivity contribution in [3.63, 3.8) is 0 Å². The molecule has 1 N–H and O–H groups in total. The van der Waals surface area contributed by atoms with E-state index in [1.54, 1.807) is 0 Å². The zero-order valence-electron chi connectivity index (χ0n) is 9.80. The van der Waals surface area contributed by atoms with Crippen LogP contribution in [0.25, 0.3) is 0 Å². The maximum absolute atomic E-state index is 11.4. The highest BCUT2D eigenvalue weighted by molar-refractivity contribution is 7.78. The maximum Gasteiger partial charge on any atom is 0.243 e.